The van der Waals surface area contributed by atoms with Crippen LogP contribution in [0.4, 0.5) is 4.39 Å². The van der Waals surface area contributed by atoms with Gasteiger partial charge in [-0.05, 0) is 42.3 Å². The number of halogens is 1. The average Bonchev–Trinajstić information content (AvgIpc) is 2.70. The number of hydrogen-bond donors (Lipinski definition) is 0. The number of rotatable bonds is 4. The Morgan fingerprint density at radius 1 is 1.15 bits per heavy atom. The van der Waals surface area contributed by atoms with Gasteiger partial charge in [0.1, 0.15) is 17.6 Å². The number of hydrogen-bond acceptors (Lipinski definition) is 4. The highest BCUT2D eigenvalue weighted by Gasteiger charge is 2.27. The van der Waals surface area contributed by atoms with Crippen molar-refractivity contribution in [2.45, 2.75) is 13.0 Å². The van der Waals surface area contributed by atoms with Crippen molar-refractivity contribution >= 4 is 5.91 Å². The molecule has 1 amide bonds. The number of piperazine rings is 1. The van der Waals surface area contributed by atoms with Gasteiger partial charge in [0.2, 0.25) is 0 Å². The Labute approximate surface area is 158 Å². The zero-order valence-electron chi connectivity index (χ0n) is 15.5. The predicted octanol–water partition coefficient (Wildman–Crippen LogP) is 3.17. The van der Waals surface area contributed by atoms with Gasteiger partial charge in [0.05, 0.1) is 13.2 Å². The van der Waals surface area contributed by atoms with E-state index in [1.165, 1.54) is 12.1 Å². The molecule has 2 aromatic rings. The summed E-state index contributed by atoms with van der Waals surface area (Å²) in [5.74, 6) is 0.336. The maximum Gasteiger partial charge on any atom is 0.254 e. The smallest absolute Gasteiger partial charge is 0.254 e. The Balaban J connectivity index is 1.66. The van der Waals surface area contributed by atoms with Gasteiger partial charge < -0.3 is 9.64 Å². The monoisotopic (exact) mass is 367 g/mol. The first kappa shape index (κ1) is 18.9. The second-order valence-corrected chi connectivity index (χ2v) is 6.60. The molecule has 1 heterocycles. The van der Waals surface area contributed by atoms with Crippen LogP contribution in [0.25, 0.3) is 0 Å². The molecule has 0 aliphatic carbocycles. The van der Waals surface area contributed by atoms with E-state index in [4.69, 9.17) is 4.74 Å². The largest absolute Gasteiger partial charge is 0.496 e. The van der Waals surface area contributed by atoms with Crippen LogP contribution in [0.15, 0.2) is 42.5 Å². The lowest BCUT2D eigenvalue weighted by molar-refractivity contribution is 0.0606. The lowest BCUT2D eigenvalue weighted by atomic mass is 10.1. The second-order valence-electron chi connectivity index (χ2n) is 6.60. The van der Waals surface area contributed by atoms with E-state index in [0.29, 0.717) is 37.5 Å². The minimum Gasteiger partial charge on any atom is -0.496 e. The summed E-state index contributed by atoms with van der Waals surface area (Å²) in [4.78, 5) is 16.6. The summed E-state index contributed by atoms with van der Waals surface area (Å²) in [6.07, 6.45) is 0. The van der Waals surface area contributed by atoms with Crippen LogP contribution in [0.1, 0.15) is 27.5 Å². The summed E-state index contributed by atoms with van der Waals surface area (Å²) in [5, 5.41) is 9.56. The van der Waals surface area contributed by atoms with Crippen molar-refractivity contribution in [3.63, 3.8) is 0 Å². The van der Waals surface area contributed by atoms with E-state index in [2.05, 4.69) is 6.07 Å². The fourth-order valence-electron chi connectivity index (χ4n) is 3.33. The summed E-state index contributed by atoms with van der Waals surface area (Å²) in [6, 6.07) is 13.3. The number of carbonyl (C=O) groups excluding carboxylic acids is 1. The van der Waals surface area contributed by atoms with Crippen LogP contribution in [0.2, 0.25) is 0 Å². The topological polar surface area (TPSA) is 56.6 Å². The fraction of sp³-hybridized carbons (Fsp3) is 0.333. The van der Waals surface area contributed by atoms with E-state index in [0.717, 1.165) is 11.1 Å². The molecule has 3 rings (SSSR count). The molecule has 140 valence electrons. The van der Waals surface area contributed by atoms with Crippen molar-refractivity contribution in [1.82, 2.24) is 9.80 Å². The lowest BCUT2D eigenvalue weighted by Crippen LogP contribution is -2.49. The van der Waals surface area contributed by atoms with Crippen molar-refractivity contribution in [1.29, 1.82) is 5.26 Å². The molecule has 0 saturated carbocycles. The Morgan fingerprint density at radius 2 is 1.81 bits per heavy atom. The summed E-state index contributed by atoms with van der Waals surface area (Å²) < 4.78 is 18.4. The summed E-state index contributed by atoms with van der Waals surface area (Å²) in [6.45, 7) is 4.18. The van der Waals surface area contributed by atoms with Gasteiger partial charge in [0.25, 0.3) is 5.91 Å². The molecule has 2 aromatic carbocycles. The van der Waals surface area contributed by atoms with Gasteiger partial charge in [-0.15, -0.1) is 0 Å². The Kier molecular flexibility index (Phi) is 5.72. The third-order valence-corrected chi connectivity index (χ3v) is 4.93. The molecule has 1 saturated heterocycles. The molecule has 0 radical (unpaired) electrons. The van der Waals surface area contributed by atoms with Crippen molar-refractivity contribution in [3.8, 4) is 11.8 Å². The fourth-order valence-corrected chi connectivity index (χ4v) is 3.33. The summed E-state index contributed by atoms with van der Waals surface area (Å²) >= 11 is 0. The zero-order valence-corrected chi connectivity index (χ0v) is 15.5. The molecule has 0 spiro atoms. The molecule has 0 bridgehead atoms. The third kappa shape index (κ3) is 4.09. The van der Waals surface area contributed by atoms with Crippen LogP contribution in [-0.2, 0) is 0 Å². The Hall–Kier alpha value is -2.91. The van der Waals surface area contributed by atoms with Gasteiger partial charge in [-0.1, -0.05) is 18.2 Å². The number of nitrogens with zero attached hydrogens (tertiary/aromatic N) is 3. The highest BCUT2D eigenvalue weighted by Crippen LogP contribution is 2.24. The molecule has 1 aliphatic rings. The molecule has 27 heavy (non-hydrogen) atoms. The van der Waals surface area contributed by atoms with E-state index in [-0.39, 0.29) is 11.7 Å². The van der Waals surface area contributed by atoms with E-state index in [9.17, 15) is 14.4 Å². The molecule has 1 atom stereocenters. The minimum absolute atomic E-state index is 0.0387. The molecule has 5 nitrogen and oxygen atoms in total. The van der Waals surface area contributed by atoms with Crippen LogP contribution >= 0.6 is 0 Å². The van der Waals surface area contributed by atoms with Gasteiger partial charge >= 0.3 is 0 Å². The van der Waals surface area contributed by atoms with Crippen LogP contribution in [0, 0.1) is 24.1 Å². The SMILES string of the molecule is COc1cc(C(=O)N2CCN(C(C#N)c3ccc(F)cc3)CC2)ccc1C. The Morgan fingerprint density at radius 3 is 2.41 bits per heavy atom. The quantitative estimate of drug-likeness (QED) is 0.833. The normalized spacial score (nSPS) is 15.9. The predicted molar refractivity (Wildman–Crippen MR) is 100.0 cm³/mol. The molecule has 6 heteroatoms. The van der Waals surface area contributed by atoms with Gasteiger partial charge in [-0.25, -0.2) is 4.39 Å². The molecule has 1 fully saturated rings. The van der Waals surface area contributed by atoms with Crippen molar-refractivity contribution in [2.75, 3.05) is 33.3 Å². The Bertz CT molecular complexity index is 853. The number of carbonyl (C=O) groups is 1. The van der Waals surface area contributed by atoms with Crippen LogP contribution < -0.4 is 4.74 Å². The summed E-state index contributed by atoms with van der Waals surface area (Å²) in [7, 11) is 1.59. The molecular formula is C21H22FN3O2. The maximum atomic E-state index is 13.1. The van der Waals surface area contributed by atoms with Crippen LogP contribution in [0.3, 0.4) is 0 Å². The number of amides is 1. The number of benzene rings is 2. The molecule has 0 aromatic heterocycles. The number of aryl methyl sites for hydroxylation is 1. The number of nitriles is 1. The summed E-state index contributed by atoms with van der Waals surface area (Å²) in [5.41, 5.74) is 2.35. The van der Waals surface area contributed by atoms with Gasteiger partial charge in [0, 0.05) is 31.7 Å². The van der Waals surface area contributed by atoms with Crippen LogP contribution in [-0.4, -0.2) is 49.0 Å². The minimum atomic E-state index is -0.442. The van der Waals surface area contributed by atoms with Crippen molar-refractivity contribution < 1.29 is 13.9 Å². The van der Waals surface area contributed by atoms with E-state index in [1.807, 2.05) is 24.0 Å². The molecule has 1 aliphatic heterocycles. The number of methoxy groups -OCH3 is 1. The molecule has 0 N–H and O–H groups in total. The van der Waals surface area contributed by atoms with E-state index in [1.54, 1.807) is 30.2 Å². The highest BCUT2D eigenvalue weighted by molar-refractivity contribution is 5.94. The molecule has 1 unspecified atom stereocenters. The highest BCUT2D eigenvalue weighted by atomic mass is 19.1. The lowest BCUT2D eigenvalue weighted by Gasteiger charge is -2.37. The first-order chi connectivity index (χ1) is 13.0. The standard InChI is InChI=1S/C21H22FN3O2/c1-15-3-4-17(13-20(15)27-2)21(26)25-11-9-24(10-12-25)19(14-23)16-5-7-18(22)8-6-16/h3-8,13,19H,9-12H2,1-2H3. The van der Waals surface area contributed by atoms with E-state index >= 15 is 0 Å². The zero-order chi connectivity index (χ0) is 19.4. The van der Waals surface area contributed by atoms with Crippen LogP contribution in [0.5, 0.6) is 5.75 Å². The first-order valence-corrected chi connectivity index (χ1v) is 8.86. The number of ether oxygens (including phenoxy) is 1. The van der Waals surface area contributed by atoms with Crippen molar-refractivity contribution in [2.24, 2.45) is 0 Å². The van der Waals surface area contributed by atoms with Gasteiger partial charge in [-0.3, -0.25) is 9.69 Å². The van der Waals surface area contributed by atoms with E-state index < -0.39 is 6.04 Å². The van der Waals surface area contributed by atoms with Gasteiger partial charge in [-0.2, -0.15) is 5.26 Å². The maximum absolute atomic E-state index is 13.1. The van der Waals surface area contributed by atoms with Crippen molar-refractivity contribution in [3.05, 3.63) is 65.0 Å². The second kappa shape index (κ2) is 8.19. The average molecular weight is 367 g/mol. The van der Waals surface area contributed by atoms with Gasteiger partial charge in [0.15, 0.2) is 0 Å². The third-order valence-electron chi connectivity index (χ3n) is 4.93. The first-order valence-electron chi connectivity index (χ1n) is 8.86. The molecular weight excluding hydrogens is 345 g/mol.